The van der Waals surface area contributed by atoms with Crippen LogP contribution in [0.15, 0.2) is 10.5 Å². The zero-order valence-electron chi connectivity index (χ0n) is 11.7. The number of nitrogens with one attached hydrogen (secondary N) is 1. The molecular weight excluding hydrogens is 228 g/mol. The Morgan fingerprint density at radius 3 is 2.67 bits per heavy atom. The average molecular weight is 252 g/mol. The molecule has 0 aromatic carbocycles. The highest BCUT2D eigenvalue weighted by Crippen LogP contribution is 2.13. The summed E-state index contributed by atoms with van der Waals surface area (Å²) in [6.45, 7) is 12.1. The summed E-state index contributed by atoms with van der Waals surface area (Å²) in [6.07, 6.45) is 0. The van der Waals surface area contributed by atoms with E-state index in [4.69, 9.17) is 9.15 Å². The zero-order valence-corrected chi connectivity index (χ0v) is 11.7. The predicted octanol–water partition coefficient (Wildman–Crippen LogP) is 1.71. The minimum Gasteiger partial charge on any atom is -0.466 e. The Balaban J connectivity index is 1.74. The normalized spacial score (nSPS) is 19.1. The third kappa shape index (κ3) is 3.83. The topological polar surface area (TPSA) is 37.6 Å². The maximum absolute atomic E-state index is 5.53. The summed E-state index contributed by atoms with van der Waals surface area (Å²) in [6, 6.07) is 2.60. The van der Waals surface area contributed by atoms with Crippen molar-refractivity contribution in [3.05, 3.63) is 23.2 Å². The Labute approximate surface area is 109 Å². The van der Waals surface area contributed by atoms with Gasteiger partial charge in [0.1, 0.15) is 11.5 Å². The number of rotatable bonds is 5. The first-order valence-corrected chi connectivity index (χ1v) is 6.74. The maximum atomic E-state index is 5.53. The Morgan fingerprint density at radius 2 is 2.06 bits per heavy atom. The van der Waals surface area contributed by atoms with Crippen LogP contribution in [0, 0.1) is 13.8 Å². The van der Waals surface area contributed by atoms with E-state index >= 15 is 0 Å². The first kappa shape index (κ1) is 13.6. The summed E-state index contributed by atoms with van der Waals surface area (Å²) in [5.74, 6) is 2.02. The van der Waals surface area contributed by atoms with Gasteiger partial charge in [-0.2, -0.15) is 0 Å². The number of hydrogen-bond donors (Lipinski definition) is 1. The number of hydrogen-bond acceptors (Lipinski definition) is 4. The van der Waals surface area contributed by atoms with Gasteiger partial charge in [-0.3, -0.25) is 4.90 Å². The fourth-order valence-electron chi connectivity index (χ4n) is 2.38. The van der Waals surface area contributed by atoms with E-state index in [0.717, 1.165) is 50.9 Å². The van der Waals surface area contributed by atoms with Crippen molar-refractivity contribution >= 4 is 0 Å². The highest BCUT2D eigenvalue weighted by molar-refractivity contribution is 5.19. The molecule has 1 aliphatic heterocycles. The standard InChI is InChI=1S/C14H24N2O2/c1-11(10-16-4-6-17-7-5-16)15-9-14-8-12(2)18-13(14)3/h8,11,15H,4-7,9-10H2,1-3H3. The molecular formula is C14H24N2O2. The zero-order chi connectivity index (χ0) is 13.0. The second-order valence-electron chi connectivity index (χ2n) is 5.13. The number of nitrogens with zero attached hydrogens (tertiary/aromatic N) is 1. The summed E-state index contributed by atoms with van der Waals surface area (Å²) < 4.78 is 10.9. The van der Waals surface area contributed by atoms with Crippen LogP contribution in [0.25, 0.3) is 0 Å². The van der Waals surface area contributed by atoms with Crippen molar-refractivity contribution in [1.29, 1.82) is 0 Å². The van der Waals surface area contributed by atoms with Crippen molar-refractivity contribution in [3.8, 4) is 0 Å². The van der Waals surface area contributed by atoms with E-state index in [2.05, 4.69) is 23.2 Å². The van der Waals surface area contributed by atoms with Gasteiger partial charge in [0.2, 0.25) is 0 Å². The molecule has 1 unspecified atom stereocenters. The third-order valence-corrected chi connectivity index (χ3v) is 3.42. The van der Waals surface area contributed by atoms with E-state index in [0.29, 0.717) is 6.04 Å². The molecule has 0 radical (unpaired) electrons. The molecule has 4 heteroatoms. The molecule has 0 aliphatic carbocycles. The van der Waals surface area contributed by atoms with Crippen molar-refractivity contribution < 1.29 is 9.15 Å². The fraction of sp³-hybridized carbons (Fsp3) is 0.714. The highest BCUT2D eigenvalue weighted by Gasteiger charge is 2.14. The molecule has 4 nitrogen and oxygen atoms in total. The Morgan fingerprint density at radius 1 is 1.33 bits per heavy atom. The third-order valence-electron chi connectivity index (χ3n) is 3.42. The van der Waals surface area contributed by atoms with Crippen LogP contribution in [-0.2, 0) is 11.3 Å². The lowest BCUT2D eigenvalue weighted by Gasteiger charge is -2.29. The first-order valence-electron chi connectivity index (χ1n) is 6.74. The lowest BCUT2D eigenvalue weighted by atomic mass is 10.2. The summed E-state index contributed by atoms with van der Waals surface area (Å²) in [4.78, 5) is 2.45. The van der Waals surface area contributed by atoms with Crippen LogP contribution in [-0.4, -0.2) is 43.8 Å². The second kappa shape index (κ2) is 6.36. The van der Waals surface area contributed by atoms with Crippen molar-refractivity contribution in [1.82, 2.24) is 10.2 Å². The monoisotopic (exact) mass is 252 g/mol. The molecule has 18 heavy (non-hydrogen) atoms. The molecule has 1 aliphatic rings. The molecule has 102 valence electrons. The summed E-state index contributed by atoms with van der Waals surface area (Å²) in [5.41, 5.74) is 1.27. The number of ether oxygens (including phenoxy) is 1. The Hall–Kier alpha value is -0.840. The lowest BCUT2D eigenvalue weighted by molar-refractivity contribution is 0.0343. The van der Waals surface area contributed by atoms with E-state index < -0.39 is 0 Å². The maximum Gasteiger partial charge on any atom is 0.105 e. The molecule has 0 bridgehead atoms. The highest BCUT2D eigenvalue weighted by atomic mass is 16.5. The van der Waals surface area contributed by atoms with Gasteiger partial charge in [0.25, 0.3) is 0 Å². The van der Waals surface area contributed by atoms with Gasteiger partial charge in [-0.05, 0) is 26.8 Å². The van der Waals surface area contributed by atoms with Gasteiger partial charge in [0.05, 0.1) is 13.2 Å². The van der Waals surface area contributed by atoms with E-state index in [1.165, 1.54) is 5.56 Å². The largest absolute Gasteiger partial charge is 0.466 e. The number of aryl methyl sites for hydroxylation is 2. The lowest BCUT2D eigenvalue weighted by Crippen LogP contribution is -2.44. The van der Waals surface area contributed by atoms with E-state index in [1.807, 2.05) is 13.8 Å². The van der Waals surface area contributed by atoms with Gasteiger partial charge in [-0.15, -0.1) is 0 Å². The molecule has 1 N–H and O–H groups in total. The fourth-order valence-corrected chi connectivity index (χ4v) is 2.38. The molecule has 2 heterocycles. The van der Waals surface area contributed by atoms with Crippen LogP contribution in [0.2, 0.25) is 0 Å². The smallest absolute Gasteiger partial charge is 0.105 e. The van der Waals surface area contributed by atoms with Crippen LogP contribution in [0.5, 0.6) is 0 Å². The van der Waals surface area contributed by atoms with E-state index in [-0.39, 0.29) is 0 Å². The minimum atomic E-state index is 0.484. The Kier molecular flexibility index (Phi) is 4.80. The van der Waals surface area contributed by atoms with Gasteiger partial charge in [0.15, 0.2) is 0 Å². The Bertz CT molecular complexity index is 370. The summed E-state index contributed by atoms with van der Waals surface area (Å²) >= 11 is 0. The molecule has 1 atom stereocenters. The molecule has 1 fully saturated rings. The SMILES string of the molecule is Cc1cc(CNC(C)CN2CCOCC2)c(C)o1. The van der Waals surface area contributed by atoms with Crippen LogP contribution >= 0.6 is 0 Å². The van der Waals surface area contributed by atoms with Gasteiger partial charge in [-0.25, -0.2) is 0 Å². The van der Waals surface area contributed by atoms with E-state index in [9.17, 15) is 0 Å². The number of furan rings is 1. The molecule has 0 saturated carbocycles. The van der Waals surface area contributed by atoms with Crippen molar-refractivity contribution in [3.63, 3.8) is 0 Å². The summed E-state index contributed by atoms with van der Waals surface area (Å²) in [5, 5.41) is 3.56. The first-order chi connectivity index (χ1) is 8.65. The molecule has 2 rings (SSSR count). The average Bonchev–Trinajstić information content (AvgIpc) is 2.66. The summed E-state index contributed by atoms with van der Waals surface area (Å²) in [7, 11) is 0. The van der Waals surface area contributed by atoms with Crippen LogP contribution in [0.4, 0.5) is 0 Å². The minimum absolute atomic E-state index is 0.484. The van der Waals surface area contributed by atoms with Crippen molar-refractivity contribution in [2.45, 2.75) is 33.4 Å². The molecule has 0 amide bonds. The number of morpholine rings is 1. The van der Waals surface area contributed by atoms with Crippen LogP contribution in [0.1, 0.15) is 24.0 Å². The predicted molar refractivity (Wildman–Crippen MR) is 71.7 cm³/mol. The van der Waals surface area contributed by atoms with E-state index in [1.54, 1.807) is 0 Å². The van der Waals surface area contributed by atoms with Gasteiger partial charge in [0, 0.05) is 37.8 Å². The van der Waals surface area contributed by atoms with Crippen molar-refractivity contribution in [2.24, 2.45) is 0 Å². The van der Waals surface area contributed by atoms with Gasteiger partial charge < -0.3 is 14.5 Å². The van der Waals surface area contributed by atoms with Crippen LogP contribution in [0.3, 0.4) is 0 Å². The molecule has 0 spiro atoms. The molecule has 1 aromatic heterocycles. The van der Waals surface area contributed by atoms with Gasteiger partial charge in [-0.1, -0.05) is 0 Å². The second-order valence-corrected chi connectivity index (χ2v) is 5.13. The van der Waals surface area contributed by atoms with Crippen molar-refractivity contribution in [2.75, 3.05) is 32.8 Å². The quantitative estimate of drug-likeness (QED) is 0.865. The molecule has 1 saturated heterocycles. The van der Waals surface area contributed by atoms with Crippen LogP contribution < -0.4 is 5.32 Å². The van der Waals surface area contributed by atoms with Gasteiger partial charge >= 0.3 is 0 Å². The molecule has 1 aromatic rings.